The third-order valence-corrected chi connectivity index (χ3v) is 4.60. The maximum absolute atomic E-state index is 11.7. The van der Waals surface area contributed by atoms with E-state index in [0.717, 1.165) is 19.3 Å². The van der Waals surface area contributed by atoms with Gasteiger partial charge in [0.25, 0.3) is 0 Å². The van der Waals surface area contributed by atoms with Gasteiger partial charge < -0.3 is 9.47 Å². The first-order valence-corrected chi connectivity index (χ1v) is 7.97. The maximum atomic E-state index is 11.7. The van der Waals surface area contributed by atoms with Crippen LogP contribution in [0.3, 0.4) is 0 Å². The van der Waals surface area contributed by atoms with E-state index in [4.69, 9.17) is 9.47 Å². The SMILES string of the molecule is C=C(C)C(=O)OCC(CC)(COC(=O)C(=C)C)C1CCCC1. The van der Waals surface area contributed by atoms with Crippen molar-refractivity contribution in [3.63, 3.8) is 0 Å². The molecule has 1 rings (SSSR count). The molecular weight excluding hydrogens is 280 g/mol. The minimum atomic E-state index is -0.387. The van der Waals surface area contributed by atoms with Gasteiger partial charge in [-0.05, 0) is 39.0 Å². The van der Waals surface area contributed by atoms with Crippen LogP contribution < -0.4 is 0 Å². The van der Waals surface area contributed by atoms with Gasteiger partial charge in [0.05, 0.1) is 0 Å². The van der Waals surface area contributed by atoms with E-state index in [0.29, 0.717) is 17.1 Å². The number of hydrogen-bond donors (Lipinski definition) is 0. The summed E-state index contributed by atoms with van der Waals surface area (Å²) in [5.74, 6) is -0.363. The number of carbonyl (C=O) groups excluding carboxylic acids is 2. The Morgan fingerprint density at radius 1 is 1.00 bits per heavy atom. The monoisotopic (exact) mass is 308 g/mol. The zero-order valence-electron chi connectivity index (χ0n) is 14.1. The summed E-state index contributed by atoms with van der Waals surface area (Å²) in [6.45, 7) is 13.1. The molecule has 1 fully saturated rings. The average molecular weight is 308 g/mol. The molecule has 4 heteroatoms. The Morgan fingerprint density at radius 2 is 1.41 bits per heavy atom. The van der Waals surface area contributed by atoms with Gasteiger partial charge in [-0.15, -0.1) is 0 Å². The summed E-state index contributed by atoms with van der Waals surface area (Å²) < 4.78 is 10.8. The van der Waals surface area contributed by atoms with Gasteiger partial charge in [-0.2, -0.15) is 0 Å². The Bertz CT molecular complexity index is 414. The van der Waals surface area contributed by atoms with Gasteiger partial charge in [0, 0.05) is 16.6 Å². The first-order valence-electron chi connectivity index (χ1n) is 7.97. The highest BCUT2D eigenvalue weighted by molar-refractivity contribution is 5.87. The van der Waals surface area contributed by atoms with E-state index >= 15 is 0 Å². The Labute approximate surface area is 133 Å². The normalized spacial score (nSPS) is 15.4. The number of carbonyl (C=O) groups is 2. The van der Waals surface area contributed by atoms with Gasteiger partial charge in [-0.3, -0.25) is 0 Å². The molecule has 0 saturated heterocycles. The lowest BCUT2D eigenvalue weighted by Crippen LogP contribution is -2.40. The number of hydrogen-bond acceptors (Lipinski definition) is 4. The highest BCUT2D eigenvalue weighted by Crippen LogP contribution is 2.43. The number of rotatable bonds is 8. The molecule has 0 aromatic rings. The van der Waals surface area contributed by atoms with Crippen molar-refractivity contribution >= 4 is 11.9 Å². The summed E-state index contributed by atoms with van der Waals surface area (Å²) >= 11 is 0. The molecule has 0 radical (unpaired) electrons. The van der Waals surface area contributed by atoms with Crippen molar-refractivity contribution in [3.8, 4) is 0 Å². The zero-order valence-corrected chi connectivity index (χ0v) is 14.1. The van der Waals surface area contributed by atoms with Crippen molar-refractivity contribution in [2.24, 2.45) is 11.3 Å². The van der Waals surface area contributed by atoms with Crippen LogP contribution in [0.1, 0.15) is 52.9 Å². The summed E-state index contributed by atoms with van der Waals surface area (Å²) in [6.07, 6.45) is 5.32. The van der Waals surface area contributed by atoms with Gasteiger partial charge in [0.1, 0.15) is 13.2 Å². The Balaban J connectivity index is 2.81. The summed E-state index contributed by atoms with van der Waals surface area (Å²) in [7, 11) is 0. The molecule has 1 saturated carbocycles. The quantitative estimate of drug-likeness (QED) is 0.505. The molecule has 0 spiro atoms. The van der Waals surface area contributed by atoms with E-state index in [1.807, 2.05) is 0 Å². The van der Waals surface area contributed by atoms with Crippen LogP contribution in [0.4, 0.5) is 0 Å². The van der Waals surface area contributed by atoms with Crippen LogP contribution in [-0.4, -0.2) is 25.2 Å². The Morgan fingerprint density at radius 3 is 1.73 bits per heavy atom. The van der Waals surface area contributed by atoms with Crippen molar-refractivity contribution in [1.82, 2.24) is 0 Å². The highest BCUT2D eigenvalue weighted by atomic mass is 16.5. The van der Waals surface area contributed by atoms with Gasteiger partial charge in [-0.1, -0.05) is 32.9 Å². The molecule has 1 aliphatic carbocycles. The van der Waals surface area contributed by atoms with E-state index in [2.05, 4.69) is 20.1 Å². The van der Waals surface area contributed by atoms with Crippen molar-refractivity contribution in [2.75, 3.05) is 13.2 Å². The largest absolute Gasteiger partial charge is 0.462 e. The lowest BCUT2D eigenvalue weighted by molar-refractivity contribution is -0.152. The fourth-order valence-corrected chi connectivity index (χ4v) is 2.97. The predicted molar refractivity (Wildman–Crippen MR) is 86.2 cm³/mol. The average Bonchev–Trinajstić information content (AvgIpc) is 3.01. The molecule has 1 aliphatic rings. The molecule has 0 bridgehead atoms. The maximum Gasteiger partial charge on any atom is 0.333 e. The zero-order chi connectivity index (χ0) is 16.8. The smallest absolute Gasteiger partial charge is 0.333 e. The summed E-state index contributed by atoms with van der Waals surface area (Å²) in [5.41, 5.74) is 0.456. The minimum absolute atomic E-state index is 0.267. The Hall–Kier alpha value is -1.58. The van der Waals surface area contributed by atoms with Crippen LogP contribution in [0.5, 0.6) is 0 Å². The third-order valence-electron chi connectivity index (χ3n) is 4.60. The number of ether oxygens (including phenoxy) is 2. The highest BCUT2D eigenvalue weighted by Gasteiger charge is 2.41. The lowest BCUT2D eigenvalue weighted by atomic mass is 9.73. The van der Waals surface area contributed by atoms with Gasteiger partial charge in [0.2, 0.25) is 0 Å². The predicted octanol–water partition coefficient (Wildman–Crippen LogP) is 3.81. The second kappa shape index (κ2) is 8.16. The molecule has 0 aromatic carbocycles. The van der Waals surface area contributed by atoms with Crippen LogP contribution in [0.15, 0.2) is 24.3 Å². The molecule has 0 unspecified atom stereocenters. The molecule has 0 aliphatic heterocycles. The molecule has 0 amide bonds. The molecular formula is C18H28O4. The summed E-state index contributed by atoms with van der Waals surface area (Å²) in [4.78, 5) is 23.4. The topological polar surface area (TPSA) is 52.6 Å². The molecule has 0 heterocycles. The Kier molecular flexibility index (Phi) is 6.85. The summed E-state index contributed by atoms with van der Waals surface area (Å²) in [6, 6.07) is 0. The second-order valence-electron chi connectivity index (χ2n) is 6.41. The van der Waals surface area contributed by atoms with Crippen molar-refractivity contribution in [2.45, 2.75) is 52.9 Å². The van der Waals surface area contributed by atoms with Gasteiger partial charge in [-0.25, -0.2) is 9.59 Å². The van der Waals surface area contributed by atoms with Crippen molar-refractivity contribution in [3.05, 3.63) is 24.3 Å². The molecule has 0 atom stereocenters. The second-order valence-corrected chi connectivity index (χ2v) is 6.41. The molecule has 22 heavy (non-hydrogen) atoms. The minimum Gasteiger partial charge on any atom is -0.462 e. The van der Waals surface area contributed by atoms with Crippen LogP contribution in [0.25, 0.3) is 0 Å². The van der Waals surface area contributed by atoms with E-state index in [-0.39, 0.29) is 30.6 Å². The molecule has 124 valence electrons. The molecule has 0 aromatic heterocycles. The fourth-order valence-electron chi connectivity index (χ4n) is 2.97. The van der Waals surface area contributed by atoms with Crippen molar-refractivity contribution < 1.29 is 19.1 Å². The van der Waals surface area contributed by atoms with Gasteiger partial charge in [0.15, 0.2) is 0 Å². The van der Waals surface area contributed by atoms with Crippen molar-refractivity contribution in [1.29, 1.82) is 0 Å². The van der Waals surface area contributed by atoms with E-state index < -0.39 is 0 Å². The molecule has 4 nitrogen and oxygen atoms in total. The standard InChI is InChI=1S/C18H28O4/c1-6-18(15-9-7-8-10-15,11-21-16(19)13(2)3)12-22-17(20)14(4)5/h15H,2,4,6-12H2,1,3,5H3. The number of esters is 2. The molecule has 0 N–H and O–H groups in total. The first kappa shape index (κ1) is 18.5. The summed E-state index contributed by atoms with van der Waals surface area (Å²) in [5, 5.41) is 0. The van der Waals surface area contributed by atoms with Crippen LogP contribution in [0, 0.1) is 11.3 Å². The lowest BCUT2D eigenvalue weighted by Gasteiger charge is -2.37. The van der Waals surface area contributed by atoms with Gasteiger partial charge >= 0.3 is 11.9 Å². The first-order chi connectivity index (χ1) is 10.3. The van der Waals surface area contributed by atoms with Crippen LogP contribution >= 0.6 is 0 Å². The fraction of sp³-hybridized carbons (Fsp3) is 0.667. The third kappa shape index (κ3) is 4.72. The van der Waals surface area contributed by atoms with E-state index in [9.17, 15) is 9.59 Å². The van der Waals surface area contributed by atoms with E-state index in [1.165, 1.54) is 12.8 Å². The van der Waals surface area contributed by atoms with Crippen LogP contribution in [-0.2, 0) is 19.1 Å². The van der Waals surface area contributed by atoms with Crippen LogP contribution in [0.2, 0.25) is 0 Å². The van der Waals surface area contributed by atoms with E-state index in [1.54, 1.807) is 13.8 Å².